The summed E-state index contributed by atoms with van der Waals surface area (Å²) in [6.45, 7) is 0.668. The average molecular weight is 332 g/mol. The minimum atomic E-state index is -1.43. The molecule has 0 bridgehead atoms. The number of ether oxygens (including phenoxy) is 3. The molecule has 3 rings (SSSR count). The van der Waals surface area contributed by atoms with Crippen LogP contribution >= 0.6 is 0 Å². The van der Waals surface area contributed by atoms with Crippen molar-refractivity contribution in [2.45, 2.75) is 37.9 Å². The van der Waals surface area contributed by atoms with Gasteiger partial charge in [0.2, 0.25) is 0 Å². The van der Waals surface area contributed by atoms with Gasteiger partial charge in [-0.15, -0.1) is 0 Å². The summed E-state index contributed by atoms with van der Waals surface area (Å²) in [5.74, 6) is 0. The topological polar surface area (TPSA) is 47.9 Å². The molecule has 24 heavy (non-hydrogen) atoms. The number of benzene rings is 2. The molecule has 0 spiro atoms. The van der Waals surface area contributed by atoms with E-state index in [4.69, 9.17) is 14.2 Å². The van der Waals surface area contributed by atoms with Crippen LogP contribution in [0.5, 0.6) is 0 Å². The SMILES string of the molecule is O[C@H]1O[C@H](COCc2ccccc2)[C@H](F)[C@H]1OCc1ccccc1. The largest absolute Gasteiger partial charge is 0.374 e. The molecule has 0 unspecified atom stereocenters. The fourth-order valence-corrected chi connectivity index (χ4v) is 2.64. The minimum absolute atomic E-state index is 0.0678. The van der Waals surface area contributed by atoms with E-state index in [0.717, 1.165) is 11.1 Å². The van der Waals surface area contributed by atoms with Gasteiger partial charge in [0.05, 0.1) is 19.8 Å². The fourth-order valence-electron chi connectivity index (χ4n) is 2.64. The van der Waals surface area contributed by atoms with Crippen LogP contribution in [0.15, 0.2) is 60.7 Å². The number of aliphatic hydroxyl groups is 1. The van der Waals surface area contributed by atoms with Crippen LogP contribution in [0.1, 0.15) is 11.1 Å². The molecule has 0 amide bonds. The Morgan fingerprint density at radius 3 is 2.12 bits per heavy atom. The predicted molar refractivity (Wildman–Crippen MR) is 86.9 cm³/mol. The molecule has 1 saturated heterocycles. The molecular formula is C19H21FO4. The van der Waals surface area contributed by atoms with Crippen LogP contribution in [0.3, 0.4) is 0 Å². The van der Waals surface area contributed by atoms with Crippen molar-refractivity contribution >= 4 is 0 Å². The average Bonchev–Trinajstić information content (AvgIpc) is 2.89. The standard InChI is InChI=1S/C19H21FO4/c20-17-16(13-22-11-14-7-3-1-4-8-14)24-19(21)18(17)23-12-15-9-5-2-6-10-15/h1-10,16-19,21H,11-13H2/t16-,17+,18-,19+/m1/s1. The maximum Gasteiger partial charge on any atom is 0.184 e. The lowest BCUT2D eigenvalue weighted by Crippen LogP contribution is -2.33. The predicted octanol–water partition coefficient (Wildman–Crippen LogP) is 2.84. The Morgan fingerprint density at radius 2 is 1.50 bits per heavy atom. The van der Waals surface area contributed by atoms with Crippen molar-refractivity contribution in [2.75, 3.05) is 6.61 Å². The summed E-state index contributed by atoms with van der Waals surface area (Å²) in [7, 11) is 0. The van der Waals surface area contributed by atoms with Gasteiger partial charge in [-0.2, -0.15) is 0 Å². The van der Waals surface area contributed by atoms with Gasteiger partial charge in [0.15, 0.2) is 12.5 Å². The van der Waals surface area contributed by atoms with Crippen LogP contribution in [0.4, 0.5) is 4.39 Å². The molecule has 1 aliphatic rings. The summed E-state index contributed by atoms with van der Waals surface area (Å²) in [6, 6.07) is 19.1. The number of hydrogen-bond acceptors (Lipinski definition) is 4. The normalized spacial score (nSPS) is 26.6. The van der Waals surface area contributed by atoms with Crippen LogP contribution in [0.2, 0.25) is 0 Å². The number of rotatable bonds is 7. The van der Waals surface area contributed by atoms with Crippen molar-refractivity contribution in [1.82, 2.24) is 0 Å². The third-order valence-corrected chi connectivity index (χ3v) is 3.94. The second-order valence-corrected chi connectivity index (χ2v) is 5.77. The summed E-state index contributed by atoms with van der Waals surface area (Å²) >= 11 is 0. The van der Waals surface area contributed by atoms with Crippen molar-refractivity contribution in [3.63, 3.8) is 0 Å². The third kappa shape index (κ3) is 4.39. The Labute approximate surface area is 140 Å². The maximum atomic E-state index is 14.4. The minimum Gasteiger partial charge on any atom is -0.374 e. The zero-order chi connectivity index (χ0) is 16.8. The molecule has 128 valence electrons. The second kappa shape index (κ2) is 8.35. The summed E-state index contributed by atoms with van der Waals surface area (Å²) in [5.41, 5.74) is 1.92. The number of halogens is 1. The number of hydrogen-bond donors (Lipinski definition) is 1. The lowest BCUT2D eigenvalue weighted by atomic mass is 10.1. The smallest absolute Gasteiger partial charge is 0.184 e. The van der Waals surface area contributed by atoms with Crippen LogP contribution in [-0.2, 0) is 27.4 Å². The molecule has 0 aliphatic carbocycles. The molecule has 5 heteroatoms. The lowest BCUT2D eigenvalue weighted by Gasteiger charge is -2.16. The highest BCUT2D eigenvalue weighted by Gasteiger charge is 2.45. The summed E-state index contributed by atoms with van der Waals surface area (Å²) in [4.78, 5) is 0. The zero-order valence-corrected chi connectivity index (χ0v) is 13.3. The molecule has 2 aromatic carbocycles. The van der Waals surface area contributed by atoms with Crippen molar-refractivity contribution in [3.05, 3.63) is 71.8 Å². The van der Waals surface area contributed by atoms with Gasteiger partial charge in [0.25, 0.3) is 0 Å². The maximum absolute atomic E-state index is 14.4. The van der Waals surface area contributed by atoms with Gasteiger partial charge in [0.1, 0.15) is 12.2 Å². The Balaban J connectivity index is 1.46. The Bertz CT molecular complexity index is 607. The third-order valence-electron chi connectivity index (χ3n) is 3.94. The van der Waals surface area contributed by atoms with Crippen LogP contribution in [-0.4, -0.2) is 36.4 Å². The molecule has 0 saturated carbocycles. The van der Waals surface area contributed by atoms with Crippen molar-refractivity contribution < 1.29 is 23.7 Å². The quantitative estimate of drug-likeness (QED) is 0.847. The summed E-state index contributed by atoms with van der Waals surface area (Å²) < 4.78 is 30.7. The monoisotopic (exact) mass is 332 g/mol. The van der Waals surface area contributed by atoms with Gasteiger partial charge in [-0.1, -0.05) is 60.7 Å². The first-order valence-electron chi connectivity index (χ1n) is 7.99. The van der Waals surface area contributed by atoms with Gasteiger partial charge in [-0.3, -0.25) is 0 Å². The second-order valence-electron chi connectivity index (χ2n) is 5.77. The highest BCUT2D eigenvalue weighted by atomic mass is 19.1. The fraction of sp³-hybridized carbons (Fsp3) is 0.368. The Hall–Kier alpha value is -1.79. The van der Waals surface area contributed by atoms with Gasteiger partial charge >= 0.3 is 0 Å². The van der Waals surface area contributed by atoms with Gasteiger partial charge in [-0.05, 0) is 11.1 Å². The molecule has 0 aromatic heterocycles. The van der Waals surface area contributed by atoms with Crippen molar-refractivity contribution in [1.29, 1.82) is 0 Å². The Morgan fingerprint density at radius 1 is 0.917 bits per heavy atom. The molecule has 1 fully saturated rings. The van der Waals surface area contributed by atoms with E-state index < -0.39 is 24.7 Å². The molecule has 1 aliphatic heterocycles. The number of aliphatic hydroxyl groups excluding tert-OH is 1. The van der Waals surface area contributed by atoms with Crippen LogP contribution in [0, 0.1) is 0 Å². The van der Waals surface area contributed by atoms with Crippen LogP contribution < -0.4 is 0 Å². The van der Waals surface area contributed by atoms with E-state index in [1.54, 1.807) is 0 Å². The van der Waals surface area contributed by atoms with Gasteiger partial charge in [-0.25, -0.2) is 4.39 Å². The molecular weight excluding hydrogens is 311 g/mol. The van der Waals surface area contributed by atoms with E-state index in [1.165, 1.54) is 0 Å². The van der Waals surface area contributed by atoms with E-state index in [0.29, 0.717) is 6.61 Å². The van der Waals surface area contributed by atoms with E-state index in [-0.39, 0.29) is 13.2 Å². The molecule has 1 N–H and O–H groups in total. The summed E-state index contributed by atoms with van der Waals surface area (Å²) in [5, 5.41) is 9.88. The molecule has 0 radical (unpaired) electrons. The van der Waals surface area contributed by atoms with Gasteiger partial charge in [0, 0.05) is 0 Å². The van der Waals surface area contributed by atoms with Gasteiger partial charge < -0.3 is 19.3 Å². The van der Waals surface area contributed by atoms with E-state index in [9.17, 15) is 9.50 Å². The zero-order valence-electron chi connectivity index (χ0n) is 13.3. The highest BCUT2D eigenvalue weighted by molar-refractivity contribution is 5.14. The van der Waals surface area contributed by atoms with E-state index in [1.807, 2.05) is 60.7 Å². The van der Waals surface area contributed by atoms with Crippen molar-refractivity contribution in [3.8, 4) is 0 Å². The highest BCUT2D eigenvalue weighted by Crippen LogP contribution is 2.26. The van der Waals surface area contributed by atoms with Crippen LogP contribution in [0.25, 0.3) is 0 Å². The first-order chi connectivity index (χ1) is 11.7. The van der Waals surface area contributed by atoms with E-state index >= 15 is 0 Å². The lowest BCUT2D eigenvalue weighted by molar-refractivity contribution is -0.152. The first kappa shape index (κ1) is 17.0. The molecule has 4 atom stereocenters. The van der Waals surface area contributed by atoms with Crippen molar-refractivity contribution in [2.24, 2.45) is 0 Å². The molecule has 4 nitrogen and oxygen atoms in total. The molecule has 2 aromatic rings. The van der Waals surface area contributed by atoms with E-state index in [2.05, 4.69) is 0 Å². The number of alkyl halides is 1. The first-order valence-corrected chi connectivity index (χ1v) is 7.99. The summed E-state index contributed by atoms with van der Waals surface area (Å²) in [6.07, 6.45) is -4.55. The molecule has 1 heterocycles. The Kier molecular flexibility index (Phi) is 5.93.